The second kappa shape index (κ2) is 7.96. The molecular weight excluding hydrogens is 352 g/mol. The van der Waals surface area contributed by atoms with Crippen molar-refractivity contribution in [2.45, 2.75) is 26.3 Å². The molecule has 0 spiro atoms. The molecule has 0 unspecified atom stereocenters. The van der Waals surface area contributed by atoms with Gasteiger partial charge in [-0.2, -0.15) is 0 Å². The predicted molar refractivity (Wildman–Crippen MR) is 100.0 cm³/mol. The summed E-state index contributed by atoms with van der Waals surface area (Å²) in [4.78, 5) is 28.9. The lowest BCUT2D eigenvalue weighted by Crippen LogP contribution is -2.45. The Morgan fingerprint density at radius 1 is 1.23 bits per heavy atom. The van der Waals surface area contributed by atoms with E-state index in [-0.39, 0.29) is 17.7 Å². The van der Waals surface area contributed by atoms with Crippen molar-refractivity contribution in [1.82, 2.24) is 9.80 Å². The van der Waals surface area contributed by atoms with Crippen LogP contribution in [0.4, 0.5) is 0 Å². The smallest absolute Gasteiger partial charge is 0.253 e. The Morgan fingerprint density at radius 2 is 1.96 bits per heavy atom. The van der Waals surface area contributed by atoms with Crippen LogP contribution in [-0.2, 0) is 11.3 Å². The van der Waals surface area contributed by atoms with Crippen LogP contribution in [0, 0.1) is 12.8 Å². The summed E-state index contributed by atoms with van der Waals surface area (Å²) in [6.07, 6.45) is 1.62. The summed E-state index contributed by atoms with van der Waals surface area (Å²) in [6, 6.07) is 10.6. The monoisotopic (exact) mass is 374 g/mol. The highest BCUT2D eigenvalue weighted by molar-refractivity contribution is 6.30. The average Bonchev–Trinajstić information content (AvgIpc) is 3.06. The quantitative estimate of drug-likeness (QED) is 0.818. The minimum atomic E-state index is -0.180. The molecule has 1 aromatic heterocycles. The van der Waals surface area contributed by atoms with Crippen molar-refractivity contribution in [2.24, 2.45) is 5.92 Å². The lowest BCUT2D eigenvalue weighted by atomic mass is 9.96. The number of benzene rings is 1. The molecule has 2 heterocycles. The van der Waals surface area contributed by atoms with Gasteiger partial charge in [-0.05, 0) is 56.2 Å². The SMILES string of the molecule is Cc1ccc(CN(C)C(=O)[C@@H]2CCCN(C(=O)c3ccc(Cl)cc3)C2)o1. The van der Waals surface area contributed by atoms with Crippen molar-refractivity contribution in [1.29, 1.82) is 0 Å². The van der Waals surface area contributed by atoms with Crippen molar-refractivity contribution >= 4 is 23.4 Å². The number of hydrogen-bond acceptors (Lipinski definition) is 3. The van der Waals surface area contributed by atoms with E-state index in [1.165, 1.54) is 0 Å². The fraction of sp³-hybridized carbons (Fsp3) is 0.400. The Bertz CT molecular complexity index is 785. The minimum absolute atomic E-state index is 0.0488. The van der Waals surface area contributed by atoms with Crippen LogP contribution in [-0.4, -0.2) is 41.8 Å². The van der Waals surface area contributed by atoms with Crippen molar-refractivity contribution in [3.63, 3.8) is 0 Å². The predicted octanol–water partition coefficient (Wildman–Crippen LogP) is 3.75. The van der Waals surface area contributed by atoms with Gasteiger partial charge in [-0.15, -0.1) is 0 Å². The summed E-state index contributed by atoms with van der Waals surface area (Å²) < 4.78 is 5.55. The molecule has 6 heteroatoms. The second-order valence-corrected chi connectivity index (χ2v) is 7.24. The molecule has 2 aromatic rings. The van der Waals surface area contributed by atoms with E-state index in [1.807, 2.05) is 19.1 Å². The van der Waals surface area contributed by atoms with Crippen molar-refractivity contribution < 1.29 is 14.0 Å². The van der Waals surface area contributed by atoms with Crippen LogP contribution < -0.4 is 0 Å². The molecule has 1 aliphatic heterocycles. The van der Waals surface area contributed by atoms with E-state index in [2.05, 4.69) is 0 Å². The average molecular weight is 375 g/mol. The number of nitrogens with zero attached hydrogens (tertiary/aromatic N) is 2. The van der Waals surface area contributed by atoms with Crippen LogP contribution in [0.5, 0.6) is 0 Å². The number of likely N-dealkylation sites (tertiary alicyclic amines) is 1. The Labute approximate surface area is 158 Å². The van der Waals surface area contributed by atoms with E-state index < -0.39 is 0 Å². The van der Waals surface area contributed by atoms with Gasteiger partial charge in [0.25, 0.3) is 5.91 Å². The molecule has 2 amide bonds. The van der Waals surface area contributed by atoms with Gasteiger partial charge in [-0.3, -0.25) is 9.59 Å². The molecule has 138 valence electrons. The number of carbonyl (C=O) groups is 2. The van der Waals surface area contributed by atoms with Gasteiger partial charge in [0.2, 0.25) is 5.91 Å². The Hall–Kier alpha value is -2.27. The maximum Gasteiger partial charge on any atom is 0.253 e. The third-order valence-electron chi connectivity index (χ3n) is 4.71. The summed E-state index contributed by atoms with van der Waals surface area (Å²) in [5.74, 6) is 1.42. The Balaban J connectivity index is 1.62. The molecule has 1 aromatic carbocycles. The van der Waals surface area contributed by atoms with Gasteiger partial charge >= 0.3 is 0 Å². The van der Waals surface area contributed by atoms with Gasteiger partial charge < -0.3 is 14.2 Å². The standard InChI is InChI=1S/C20H23ClN2O3/c1-14-5-10-18(26-14)13-22(2)19(24)16-4-3-11-23(12-16)20(25)15-6-8-17(21)9-7-15/h5-10,16H,3-4,11-13H2,1-2H3/t16-/m1/s1. The van der Waals surface area contributed by atoms with E-state index in [0.717, 1.165) is 24.4 Å². The van der Waals surface area contributed by atoms with Crippen LogP contribution in [0.15, 0.2) is 40.8 Å². The molecule has 1 saturated heterocycles. The molecule has 0 radical (unpaired) electrons. The highest BCUT2D eigenvalue weighted by Crippen LogP contribution is 2.22. The number of aryl methyl sites for hydroxylation is 1. The van der Waals surface area contributed by atoms with Crippen LogP contribution in [0.25, 0.3) is 0 Å². The maximum atomic E-state index is 12.8. The third kappa shape index (κ3) is 4.28. The first kappa shape index (κ1) is 18.5. The van der Waals surface area contributed by atoms with E-state index in [4.69, 9.17) is 16.0 Å². The van der Waals surface area contributed by atoms with Crippen molar-refractivity contribution in [3.8, 4) is 0 Å². The van der Waals surface area contributed by atoms with E-state index in [0.29, 0.717) is 30.2 Å². The third-order valence-corrected chi connectivity index (χ3v) is 4.97. The zero-order valence-electron chi connectivity index (χ0n) is 15.1. The van der Waals surface area contributed by atoms with Gasteiger partial charge in [0.15, 0.2) is 0 Å². The molecule has 0 bridgehead atoms. The fourth-order valence-corrected chi connectivity index (χ4v) is 3.46. The molecule has 0 N–H and O–H groups in total. The van der Waals surface area contributed by atoms with E-state index >= 15 is 0 Å². The number of rotatable bonds is 4. The van der Waals surface area contributed by atoms with Gasteiger partial charge in [0.05, 0.1) is 12.5 Å². The fourth-order valence-electron chi connectivity index (χ4n) is 3.33. The lowest BCUT2D eigenvalue weighted by Gasteiger charge is -2.34. The van der Waals surface area contributed by atoms with Gasteiger partial charge in [0.1, 0.15) is 11.5 Å². The number of carbonyl (C=O) groups excluding carboxylic acids is 2. The molecule has 1 fully saturated rings. The largest absolute Gasteiger partial charge is 0.464 e. The summed E-state index contributed by atoms with van der Waals surface area (Å²) in [5, 5.41) is 0.600. The first-order chi connectivity index (χ1) is 12.4. The molecule has 3 rings (SSSR count). The topological polar surface area (TPSA) is 53.8 Å². The summed E-state index contributed by atoms with van der Waals surface area (Å²) >= 11 is 5.89. The maximum absolute atomic E-state index is 12.8. The van der Waals surface area contributed by atoms with Gasteiger partial charge in [-0.1, -0.05) is 11.6 Å². The highest BCUT2D eigenvalue weighted by Gasteiger charge is 2.30. The zero-order valence-corrected chi connectivity index (χ0v) is 15.8. The number of hydrogen-bond donors (Lipinski definition) is 0. The van der Waals surface area contributed by atoms with Gasteiger partial charge in [0, 0.05) is 30.7 Å². The van der Waals surface area contributed by atoms with Crippen molar-refractivity contribution in [2.75, 3.05) is 20.1 Å². The van der Waals surface area contributed by atoms with Crippen LogP contribution in [0.1, 0.15) is 34.7 Å². The van der Waals surface area contributed by atoms with Gasteiger partial charge in [-0.25, -0.2) is 0 Å². The number of halogens is 1. The van der Waals surface area contributed by atoms with E-state index in [1.54, 1.807) is 41.1 Å². The lowest BCUT2D eigenvalue weighted by molar-refractivity contribution is -0.136. The van der Waals surface area contributed by atoms with E-state index in [9.17, 15) is 9.59 Å². The van der Waals surface area contributed by atoms with Crippen LogP contribution >= 0.6 is 11.6 Å². The molecule has 0 aliphatic carbocycles. The molecule has 1 atom stereocenters. The minimum Gasteiger partial charge on any atom is -0.464 e. The summed E-state index contributed by atoms with van der Waals surface area (Å²) in [5.41, 5.74) is 0.599. The van der Waals surface area contributed by atoms with Crippen LogP contribution in [0.3, 0.4) is 0 Å². The Morgan fingerprint density at radius 3 is 2.62 bits per heavy atom. The number of furan rings is 1. The molecule has 1 aliphatic rings. The molecule has 26 heavy (non-hydrogen) atoms. The number of amides is 2. The molecule has 5 nitrogen and oxygen atoms in total. The highest BCUT2D eigenvalue weighted by atomic mass is 35.5. The first-order valence-electron chi connectivity index (χ1n) is 8.79. The summed E-state index contributed by atoms with van der Waals surface area (Å²) in [7, 11) is 1.78. The first-order valence-corrected chi connectivity index (χ1v) is 9.17. The zero-order chi connectivity index (χ0) is 18.7. The molecule has 0 saturated carbocycles. The second-order valence-electron chi connectivity index (χ2n) is 6.80. The number of piperidine rings is 1. The summed E-state index contributed by atoms with van der Waals surface area (Å²) in [6.45, 7) is 3.44. The van der Waals surface area contributed by atoms with Crippen LogP contribution in [0.2, 0.25) is 5.02 Å². The Kier molecular flexibility index (Phi) is 5.67. The van der Waals surface area contributed by atoms with Crippen molar-refractivity contribution in [3.05, 3.63) is 58.5 Å². The normalized spacial score (nSPS) is 17.2. The molecular formula is C20H23ClN2O3.